The topological polar surface area (TPSA) is 68.9 Å². The second-order valence-corrected chi connectivity index (χ2v) is 5.90. The summed E-state index contributed by atoms with van der Waals surface area (Å²) in [4.78, 5) is 4.36. The summed E-state index contributed by atoms with van der Waals surface area (Å²) in [6.45, 7) is 8.61. The van der Waals surface area contributed by atoms with Crippen molar-refractivity contribution in [2.24, 2.45) is 16.6 Å². The number of nitrogens with two attached hydrogens (primary N) is 1. The molecule has 0 aromatic rings. The lowest BCUT2D eigenvalue weighted by Crippen LogP contribution is -2.70. The van der Waals surface area contributed by atoms with Gasteiger partial charge in [0.05, 0.1) is 12.1 Å². The smallest absolute Gasteiger partial charge is 0.188 e. The number of rotatable bonds is 5. The van der Waals surface area contributed by atoms with E-state index in [2.05, 4.69) is 24.2 Å². The van der Waals surface area contributed by atoms with Gasteiger partial charge < -0.3 is 20.5 Å². The van der Waals surface area contributed by atoms with Crippen molar-refractivity contribution < 1.29 is 9.47 Å². The number of hydrogen-bond donors (Lipinski definition) is 2. The molecule has 1 saturated heterocycles. The number of hydrogen-bond acceptors (Lipinski definition) is 3. The summed E-state index contributed by atoms with van der Waals surface area (Å²) in [5, 5.41) is 3.32. The van der Waals surface area contributed by atoms with Gasteiger partial charge in [-0.3, -0.25) is 4.99 Å². The molecule has 19 heavy (non-hydrogen) atoms. The Kier molecular flexibility index (Phi) is 4.68. The molecule has 110 valence electrons. The highest BCUT2D eigenvalue weighted by Gasteiger charge is 2.58. The molecule has 1 aliphatic heterocycles. The zero-order chi connectivity index (χ0) is 13.9. The van der Waals surface area contributed by atoms with Crippen LogP contribution in [0.2, 0.25) is 0 Å². The SMILES string of the molecule is CCOC1CC(NC(N)=NCC(C)C)C12CCCO2. The molecular weight excluding hydrogens is 242 g/mol. The average Bonchev–Trinajstić information content (AvgIpc) is 2.87. The van der Waals surface area contributed by atoms with Gasteiger partial charge in [-0.15, -0.1) is 0 Å². The predicted octanol–water partition coefficient (Wildman–Crippen LogP) is 1.27. The summed E-state index contributed by atoms with van der Waals surface area (Å²) in [5.41, 5.74) is 5.77. The molecule has 0 aromatic carbocycles. The molecule has 0 aromatic heterocycles. The third-order valence-corrected chi connectivity index (χ3v) is 3.98. The summed E-state index contributed by atoms with van der Waals surface area (Å²) < 4.78 is 11.8. The lowest BCUT2D eigenvalue weighted by atomic mass is 9.70. The van der Waals surface area contributed by atoms with E-state index in [9.17, 15) is 0 Å². The standard InChI is InChI=1S/C14H27N3O2/c1-4-18-12-8-11(14(12)6-5-7-19-14)17-13(15)16-9-10(2)3/h10-12H,4-9H2,1-3H3,(H3,15,16,17). The van der Waals surface area contributed by atoms with Gasteiger partial charge in [-0.25, -0.2) is 0 Å². The van der Waals surface area contributed by atoms with Crippen LogP contribution in [0.15, 0.2) is 4.99 Å². The van der Waals surface area contributed by atoms with E-state index in [1.54, 1.807) is 0 Å². The van der Waals surface area contributed by atoms with Crippen LogP contribution in [0, 0.1) is 5.92 Å². The first-order valence-corrected chi connectivity index (χ1v) is 7.40. The average molecular weight is 269 g/mol. The zero-order valence-electron chi connectivity index (χ0n) is 12.3. The van der Waals surface area contributed by atoms with E-state index in [0.29, 0.717) is 11.9 Å². The van der Waals surface area contributed by atoms with Crippen molar-refractivity contribution in [3.05, 3.63) is 0 Å². The molecule has 0 radical (unpaired) electrons. The Morgan fingerprint density at radius 3 is 2.95 bits per heavy atom. The third-order valence-electron chi connectivity index (χ3n) is 3.98. The molecule has 2 aliphatic rings. The lowest BCUT2D eigenvalue weighted by Gasteiger charge is -2.52. The summed E-state index contributed by atoms with van der Waals surface area (Å²) in [6, 6.07) is 0.238. The van der Waals surface area contributed by atoms with Gasteiger partial charge in [-0.2, -0.15) is 0 Å². The number of aliphatic imine (C=N–C) groups is 1. The normalized spacial score (nSPS) is 34.8. The molecule has 1 spiro atoms. The van der Waals surface area contributed by atoms with Crippen molar-refractivity contribution in [3.63, 3.8) is 0 Å². The van der Waals surface area contributed by atoms with Gasteiger partial charge >= 0.3 is 0 Å². The minimum Gasteiger partial charge on any atom is -0.375 e. The molecule has 1 heterocycles. The Morgan fingerprint density at radius 2 is 2.37 bits per heavy atom. The van der Waals surface area contributed by atoms with Crippen molar-refractivity contribution in [2.45, 2.75) is 57.8 Å². The number of guanidine groups is 1. The molecule has 1 aliphatic carbocycles. The third kappa shape index (κ3) is 3.03. The molecule has 2 rings (SSSR count). The maximum atomic E-state index is 5.98. The van der Waals surface area contributed by atoms with Crippen LogP contribution in [0.3, 0.4) is 0 Å². The Bertz CT molecular complexity index is 325. The Morgan fingerprint density at radius 1 is 1.58 bits per heavy atom. The number of ether oxygens (including phenoxy) is 2. The maximum absolute atomic E-state index is 5.98. The minimum atomic E-state index is -0.173. The molecular formula is C14H27N3O2. The van der Waals surface area contributed by atoms with Crippen molar-refractivity contribution in [3.8, 4) is 0 Å². The highest BCUT2D eigenvalue weighted by atomic mass is 16.6. The molecule has 3 N–H and O–H groups in total. The van der Waals surface area contributed by atoms with Gasteiger partial charge in [-0.1, -0.05) is 13.8 Å². The van der Waals surface area contributed by atoms with E-state index in [4.69, 9.17) is 15.2 Å². The van der Waals surface area contributed by atoms with Gasteiger partial charge in [0, 0.05) is 19.8 Å². The highest BCUT2D eigenvalue weighted by Crippen LogP contribution is 2.45. The Hall–Kier alpha value is -0.810. The molecule has 5 heteroatoms. The van der Waals surface area contributed by atoms with Crippen LogP contribution in [0.25, 0.3) is 0 Å². The van der Waals surface area contributed by atoms with Crippen LogP contribution in [0.5, 0.6) is 0 Å². The van der Waals surface area contributed by atoms with Gasteiger partial charge in [0.2, 0.25) is 0 Å². The van der Waals surface area contributed by atoms with E-state index < -0.39 is 0 Å². The van der Waals surface area contributed by atoms with Crippen LogP contribution < -0.4 is 11.1 Å². The molecule has 1 saturated carbocycles. The van der Waals surface area contributed by atoms with Crippen molar-refractivity contribution >= 4 is 5.96 Å². The van der Waals surface area contributed by atoms with E-state index in [1.165, 1.54) is 0 Å². The first-order valence-electron chi connectivity index (χ1n) is 7.40. The van der Waals surface area contributed by atoms with Gasteiger partial charge in [0.1, 0.15) is 5.60 Å². The predicted molar refractivity (Wildman–Crippen MR) is 76.2 cm³/mol. The minimum absolute atomic E-state index is 0.173. The molecule has 2 fully saturated rings. The lowest BCUT2D eigenvalue weighted by molar-refractivity contribution is -0.194. The Balaban J connectivity index is 1.92. The quantitative estimate of drug-likeness (QED) is 0.582. The first-order chi connectivity index (χ1) is 9.08. The van der Waals surface area contributed by atoms with Crippen molar-refractivity contribution in [2.75, 3.05) is 19.8 Å². The molecule has 5 nitrogen and oxygen atoms in total. The van der Waals surface area contributed by atoms with Gasteiger partial charge in [-0.05, 0) is 32.1 Å². The summed E-state index contributed by atoms with van der Waals surface area (Å²) in [7, 11) is 0. The second-order valence-electron chi connectivity index (χ2n) is 5.90. The Labute approximate surface area is 115 Å². The fourth-order valence-electron chi connectivity index (χ4n) is 2.98. The summed E-state index contributed by atoms with van der Waals surface area (Å²) in [5.74, 6) is 1.05. The molecule has 0 bridgehead atoms. The summed E-state index contributed by atoms with van der Waals surface area (Å²) >= 11 is 0. The highest BCUT2D eigenvalue weighted by molar-refractivity contribution is 5.78. The van der Waals surface area contributed by atoms with Crippen molar-refractivity contribution in [1.82, 2.24) is 5.32 Å². The van der Waals surface area contributed by atoms with Crippen molar-refractivity contribution in [1.29, 1.82) is 0 Å². The monoisotopic (exact) mass is 269 g/mol. The first kappa shape index (κ1) is 14.6. The zero-order valence-corrected chi connectivity index (χ0v) is 12.3. The number of nitrogens with one attached hydrogen (secondary N) is 1. The van der Waals surface area contributed by atoms with Gasteiger partial charge in [0.15, 0.2) is 5.96 Å². The maximum Gasteiger partial charge on any atom is 0.188 e. The molecule has 3 unspecified atom stereocenters. The largest absolute Gasteiger partial charge is 0.375 e. The molecule has 3 atom stereocenters. The van der Waals surface area contributed by atoms with Crippen LogP contribution >= 0.6 is 0 Å². The van der Waals surface area contributed by atoms with Crippen LogP contribution in [0.4, 0.5) is 0 Å². The van der Waals surface area contributed by atoms with Crippen LogP contribution in [-0.4, -0.2) is 43.5 Å². The van der Waals surface area contributed by atoms with Crippen LogP contribution in [-0.2, 0) is 9.47 Å². The van der Waals surface area contributed by atoms with E-state index >= 15 is 0 Å². The van der Waals surface area contributed by atoms with E-state index in [-0.39, 0.29) is 17.7 Å². The van der Waals surface area contributed by atoms with E-state index in [0.717, 1.165) is 39.0 Å². The summed E-state index contributed by atoms with van der Waals surface area (Å²) in [6.07, 6.45) is 3.30. The fraction of sp³-hybridized carbons (Fsp3) is 0.929. The van der Waals surface area contributed by atoms with Gasteiger partial charge in [0.25, 0.3) is 0 Å². The van der Waals surface area contributed by atoms with E-state index in [1.807, 2.05) is 6.92 Å². The molecule has 0 amide bonds. The fourth-order valence-corrected chi connectivity index (χ4v) is 2.98. The van der Waals surface area contributed by atoms with Crippen LogP contribution in [0.1, 0.15) is 40.0 Å². The second kappa shape index (κ2) is 6.09. The number of nitrogens with zero attached hydrogens (tertiary/aromatic N) is 1.